The SMILES string of the molecule is Cc1ccccc1SCc1ccc(F)c(C#CCN)c1. The van der Waals surface area contributed by atoms with Crippen molar-refractivity contribution in [2.45, 2.75) is 17.6 Å². The fraction of sp³-hybridized carbons (Fsp3) is 0.176. The maximum atomic E-state index is 13.6. The van der Waals surface area contributed by atoms with Crippen molar-refractivity contribution in [1.29, 1.82) is 0 Å². The van der Waals surface area contributed by atoms with Crippen LogP contribution in [0.25, 0.3) is 0 Å². The number of benzene rings is 2. The van der Waals surface area contributed by atoms with Gasteiger partial charge in [-0.05, 0) is 36.2 Å². The first kappa shape index (κ1) is 14.6. The number of hydrogen-bond donors (Lipinski definition) is 1. The van der Waals surface area contributed by atoms with Gasteiger partial charge in [0.1, 0.15) is 5.82 Å². The van der Waals surface area contributed by atoms with Crippen LogP contribution in [0.5, 0.6) is 0 Å². The van der Waals surface area contributed by atoms with Crippen molar-refractivity contribution >= 4 is 11.8 Å². The fourth-order valence-electron chi connectivity index (χ4n) is 1.78. The fourth-order valence-corrected chi connectivity index (χ4v) is 2.76. The topological polar surface area (TPSA) is 26.0 Å². The first-order valence-electron chi connectivity index (χ1n) is 6.36. The highest BCUT2D eigenvalue weighted by Crippen LogP contribution is 2.26. The van der Waals surface area contributed by atoms with E-state index in [4.69, 9.17) is 5.73 Å². The van der Waals surface area contributed by atoms with E-state index in [9.17, 15) is 4.39 Å². The van der Waals surface area contributed by atoms with Crippen molar-refractivity contribution in [3.63, 3.8) is 0 Å². The van der Waals surface area contributed by atoms with E-state index in [1.54, 1.807) is 23.9 Å². The van der Waals surface area contributed by atoms with Gasteiger partial charge in [0, 0.05) is 10.6 Å². The molecule has 0 saturated carbocycles. The summed E-state index contributed by atoms with van der Waals surface area (Å²) in [7, 11) is 0. The normalized spacial score (nSPS) is 9.95. The van der Waals surface area contributed by atoms with Crippen LogP contribution in [0, 0.1) is 24.6 Å². The second kappa shape index (κ2) is 7.14. The summed E-state index contributed by atoms with van der Waals surface area (Å²) in [6.07, 6.45) is 0. The lowest BCUT2D eigenvalue weighted by molar-refractivity contribution is 0.624. The molecular formula is C17H16FNS. The largest absolute Gasteiger partial charge is 0.320 e. The van der Waals surface area contributed by atoms with Crippen LogP contribution < -0.4 is 5.73 Å². The molecule has 0 aliphatic rings. The van der Waals surface area contributed by atoms with Gasteiger partial charge in [-0.3, -0.25) is 0 Å². The van der Waals surface area contributed by atoms with Crippen molar-refractivity contribution in [3.05, 3.63) is 65.0 Å². The molecule has 2 aromatic rings. The van der Waals surface area contributed by atoms with Gasteiger partial charge in [0.05, 0.1) is 12.1 Å². The number of rotatable bonds is 3. The molecular weight excluding hydrogens is 269 g/mol. The lowest BCUT2D eigenvalue weighted by Gasteiger charge is -2.06. The Kier molecular flexibility index (Phi) is 5.23. The van der Waals surface area contributed by atoms with E-state index in [2.05, 4.69) is 30.9 Å². The van der Waals surface area contributed by atoms with Crippen LogP contribution in [-0.4, -0.2) is 6.54 Å². The minimum Gasteiger partial charge on any atom is -0.320 e. The molecule has 0 aliphatic heterocycles. The Morgan fingerprint density at radius 3 is 2.75 bits per heavy atom. The quantitative estimate of drug-likeness (QED) is 0.687. The molecule has 0 saturated heterocycles. The molecule has 2 N–H and O–H groups in total. The third-order valence-electron chi connectivity index (χ3n) is 2.84. The molecule has 0 bridgehead atoms. The third-order valence-corrected chi connectivity index (χ3v) is 4.09. The molecule has 0 fully saturated rings. The van der Waals surface area contributed by atoms with Crippen molar-refractivity contribution in [2.24, 2.45) is 5.73 Å². The maximum absolute atomic E-state index is 13.6. The highest BCUT2D eigenvalue weighted by Gasteiger charge is 2.03. The van der Waals surface area contributed by atoms with Gasteiger partial charge in [0.2, 0.25) is 0 Å². The van der Waals surface area contributed by atoms with E-state index in [0.29, 0.717) is 5.56 Å². The Labute approximate surface area is 123 Å². The van der Waals surface area contributed by atoms with E-state index in [1.807, 2.05) is 12.1 Å². The van der Waals surface area contributed by atoms with Crippen molar-refractivity contribution in [2.75, 3.05) is 6.54 Å². The summed E-state index contributed by atoms with van der Waals surface area (Å²) in [4.78, 5) is 1.24. The molecule has 0 atom stereocenters. The average molecular weight is 285 g/mol. The smallest absolute Gasteiger partial charge is 0.138 e. The van der Waals surface area contributed by atoms with Crippen LogP contribution in [0.3, 0.4) is 0 Å². The lowest BCUT2D eigenvalue weighted by atomic mass is 10.1. The number of thioether (sulfide) groups is 1. The maximum Gasteiger partial charge on any atom is 0.138 e. The van der Waals surface area contributed by atoms with Crippen LogP contribution in [-0.2, 0) is 5.75 Å². The molecule has 1 nitrogen and oxygen atoms in total. The van der Waals surface area contributed by atoms with Gasteiger partial charge in [0.15, 0.2) is 0 Å². The summed E-state index contributed by atoms with van der Waals surface area (Å²) in [5.41, 5.74) is 8.04. The lowest BCUT2D eigenvalue weighted by Crippen LogP contribution is -1.94. The van der Waals surface area contributed by atoms with Crippen LogP contribution in [0.4, 0.5) is 4.39 Å². The summed E-state index contributed by atoms with van der Waals surface area (Å²) in [6.45, 7) is 2.33. The average Bonchev–Trinajstić information content (AvgIpc) is 2.46. The van der Waals surface area contributed by atoms with E-state index in [1.165, 1.54) is 16.5 Å². The number of halogens is 1. The molecule has 2 rings (SSSR count). The molecule has 2 aromatic carbocycles. The number of nitrogens with two attached hydrogens (primary N) is 1. The minimum absolute atomic E-state index is 0.238. The van der Waals surface area contributed by atoms with Crippen molar-refractivity contribution in [3.8, 4) is 11.8 Å². The molecule has 0 heterocycles. The van der Waals surface area contributed by atoms with Gasteiger partial charge in [0.25, 0.3) is 0 Å². The monoisotopic (exact) mass is 285 g/mol. The van der Waals surface area contributed by atoms with Gasteiger partial charge in [-0.15, -0.1) is 11.8 Å². The Bertz CT molecular complexity index is 656. The molecule has 102 valence electrons. The van der Waals surface area contributed by atoms with Crippen LogP contribution in [0.2, 0.25) is 0 Å². The molecule has 0 radical (unpaired) electrons. The van der Waals surface area contributed by atoms with Crippen LogP contribution in [0.1, 0.15) is 16.7 Å². The number of hydrogen-bond acceptors (Lipinski definition) is 2. The van der Waals surface area contributed by atoms with Crippen LogP contribution in [0.15, 0.2) is 47.4 Å². The molecule has 20 heavy (non-hydrogen) atoms. The molecule has 3 heteroatoms. The Hall–Kier alpha value is -1.76. The Morgan fingerprint density at radius 2 is 2.00 bits per heavy atom. The summed E-state index contributed by atoms with van der Waals surface area (Å²) >= 11 is 1.74. The summed E-state index contributed by atoms with van der Waals surface area (Å²) in [5, 5.41) is 0. The van der Waals surface area contributed by atoms with Crippen molar-refractivity contribution in [1.82, 2.24) is 0 Å². The molecule has 0 aromatic heterocycles. The molecule has 0 spiro atoms. The summed E-state index contributed by atoms with van der Waals surface area (Å²) in [6, 6.07) is 13.3. The Balaban J connectivity index is 2.12. The standard InChI is InChI=1S/C17H16FNS/c1-13-5-2-3-7-17(13)20-12-14-8-9-16(18)15(11-14)6-4-10-19/h2-3,5,7-9,11H,10,12,19H2,1H3. The second-order valence-corrected chi connectivity index (χ2v) is 5.39. The molecule has 0 amide bonds. The van der Waals surface area contributed by atoms with Gasteiger partial charge in [-0.2, -0.15) is 0 Å². The molecule has 0 aliphatic carbocycles. The highest BCUT2D eigenvalue weighted by molar-refractivity contribution is 7.98. The zero-order valence-corrected chi connectivity index (χ0v) is 12.1. The minimum atomic E-state index is -0.296. The zero-order chi connectivity index (χ0) is 14.4. The number of aryl methyl sites for hydroxylation is 1. The summed E-state index contributed by atoms with van der Waals surface area (Å²) < 4.78 is 13.6. The predicted octanol–water partition coefficient (Wildman–Crippen LogP) is 3.74. The predicted molar refractivity (Wildman–Crippen MR) is 83.1 cm³/mol. The highest BCUT2D eigenvalue weighted by atomic mass is 32.2. The van der Waals surface area contributed by atoms with Gasteiger partial charge in [-0.25, -0.2) is 4.39 Å². The van der Waals surface area contributed by atoms with E-state index < -0.39 is 0 Å². The van der Waals surface area contributed by atoms with E-state index >= 15 is 0 Å². The Morgan fingerprint density at radius 1 is 1.20 bits per heavy atom. The van der Waals surface area contributed by atoms with Crippen LogP contribution >= 0.6 is 11.8 Å². The second-order valence-electron chi connectivity index (χ2n) is 4.37. The molecule has 0 unspecified atom stereocenters. The van der Waals surface area contributed by atoms with Gasteiger partial charge in [-0.1, -0.05) is 36.1 Å². The third kappa shape index (κ3) is 3.86. The first-order chi connectivity index (χ1) is 9.70. The van der Waals surface area contributed by atoms with Crippen molar-refractivity contribution < 1.29 is 4.39 Å². The first-order valence-corrected chi connectivity index (χ1v) is 7.35. The van der Waals surface area contributed by atoms with Gasteiger partial charge < -0.3 is 5.73 Å². The van der Waals surface area contributed by atoms with E-state index in [-0.39, 0.29) is 12.4 Å². The summed E-state index contributed by atoms with van der Waals surface area (Å²) in [5.74, 6) is 5.95. The van der Waals surface area contributed by atoms with E-state index in [0.717, 1.165) is 11.3 Å². The van der Waals surface area contributed by atoms with Gasteiger partial charge >= 0.3 is 0 Å². The zero-order valence-electron chi connectivity index (χ0n) is 11.3.